The maximum absolute atomic E-state index is 13.2. The summed E-state index contributed by atoms with van der Waals surface area (Å²) in [7, 11) is 0. The van der Waals surface area contributed by atoms with Crippen LogP contribution >= 0.6 is 0 Å². The zero-order valence-corrected chi connectivity index (χ0v) is 15.1. The summed E-state index contributed by atoms with van der Waals surface area (Å²) in [6.07, 6.45) is 4.99. The zero-order valence-electron chi connectivity index (χ0n) is 15.1. The highest BCUT2D eigenvalue weighted by atomic mass is 19.1. The molecular formula is C20H23FN4O. The van der Waals surface area contributed by atoms with E-state index in [1.54, 1.807) is 12.1 Å². The maximum atomic E-state index is 13.2. The van der Waals surface area contributed by atoms with E-state index in [0.29, 0.717) is 6.04 Å². The second-order valence-corrected chi connectivity index (χ2v) is 6.86. The van der Waals surface area contributed by atoms with E-state index >= 15 is 0 Å². The molecule has 6 heteroatoms. The van der Waals surface area contributed by atoms with Crippen LogP contribution in [0.1, 0.15) is 48.4 Å². The van der Waals surface area contributed by atoms with Crippen molar-refractivity contribution in [3.63, 3.8) is 0 Å². The van der Waals surface area contributed by atoms with Gasteiger partial charge in [-0.2, -0.15) is 5.10 Å². The van der Waals surface area contributed by atoms with Crippen LogP contribution in [0.4, 0.5) is 4.39 Å². The summed E-state index contributed by atoms with van der Waals surface area (Å²) >= 11 is 0. The van der Waals surface area contributed by atoms with Gasteiger partial charge < -0.3 is 4.52 Å². The Morgan fingerprint density at radius 3 is 2.88 bits per heavy atom. The highest BCUT2D eigenvalue weighted by molar-refractivity contribution is 5.62. The summed E-state index contributed by atoms with van der Waals surface area (Å²) < 4.78 is 18.7. The normalized spacial score (nSPS) is 17.9. The number of aromatic nitrogens is 3. The van der Waals surface area contributed by atoms with Crippen molar-refractivity contribution in [2.24, 2.45) is 0 Å². The fourth-order valence-electron chi connectivity index (χ4n) is 3.96. The minimum Gasteiger partial charge on any atom is -0.361 e. The van der Waals surface area contributed by atoms with E-state index in [2.05, 4.69) is 27.2 Å². The number of H-pyrrole nitrogens is 1. The van der Waals surface area contributed by atoms with Crippen molar-refractivity contribution in [2.45, 2.75) is 45.7 Å². The smallest absolute Gasteiger partial charge is 0.141 e. The van der Waals surface area contributed by atoms with E-state index in [1.165, 1.54) is 17.7 Å². The average molecular weight is 354 g/mol. The molecule has 0 bridgehead atoms. The molecule has 1 atom stereocenters. The highest BCUT2D eigenvalue weighted by Crippen LogP contribution is 2.37. The van der Waals surface area contributed by atoms with Gasteiger partial charge in [-0.3, -0.25) is 10.00 Å². The molecule has 1 fully saturated rings. The number of aromatic amines is 1. The van der Waals surface area contributed by atoms with Crippen LogP contribution in [-0.2, 0) is 13.0 Å². The van der Waals surface area contributed by atoms with Crippen molar-refractivity contribution in [2.75, 3.05) is 6.54 Å². The minimum atomic E-state index is -0.232. The van der Waals surface area contributed by atoms with Gasteiger partial charge in [0.15, 0.2) is 0 Å². The first-order chi connectivity index (χ1) is 12.7. The molecule has 5 nitrogen and oxygen atoms in total. The molecule has 1 N–H and O–H groups in total. The number of nitrogens with zero attached hydrogens (tertiary/aromatic N) is 3. The molecule has 0 saturated carbocycles. The Bertz CT molecular complexity index is 884. The van der Waals surface area contributed by atoms with Gasteiger partial charge in [0, 0.05) is 35.7 Å². The third-order valence-electron chi connectivity index (χ3n) is 5.23. The van der Waals surface area contributed by atoms with Crippen molar-refractivity contribution >= 4 is 0 Å². The molecule has 0 aliphatic carbocycles. The molecule has 0 amide bonds. The van der Waals surface area contributed by atoms with Gasteiger partial charge in [-0.1, -0.05) is 12.1 Å². The number of nitrogens with one attached hydrogen (secondary N) is 1. The van der Waals surface area contributed by atoms with Gasteiger partial charge in [0.25, 0.3) is 0 Å². The molecule has 3 heterocycles. The number of hydrogen-bond donors (Lipinski definition) is 1. The zero-order chi connectivity index (χ0) is 18.1. The van der Waals surface area contributed by atoms with Crippen LogP contribution in [0.25, 0.3) is 11.3 Å². The standard InChI is InChI=1S/C20H23FN4O/c1-3-18-19(13(2)24-26-18)17-5-4-10-25(17)12-15-11-22-23-20(15)14-6-8-16(21)9-7-14/h6-9,11,17H,3-5,10,12H2,1-2H3,(H,22,23)/t17-/m1/s1. The lowest BCUT2D eigenvalue weighted by molar-refractivity contribution is 0.245. The van der Waals surface area contributed by atoms with Gasteiger partial charge in [-0.15, -0.1) is 0 Å². The van der Waals surface area contributed by atoms with Gasteiger partial charge >= 0.3 is 0 Å². The van der Waals surface area contributed by atoms with Crippen molar-refractivity contribution in [1.82, 2.24) is 20.3 Å². The predicted octanol–water partition coefficient (Wildman–Crippen LogP) is 4.41. The van der Waals surface area contributed by atoms with Crippen molar-refractivity contribution in [3.8, 4) is 11.3 Å². The summed E-state index contributed by atoms with van der Waals surface area (Å²) in [4.78, 5) is 2.47. The Balaban J connectivity index is 1.60. The Kier molecular flexibility index (Phi) is 4.59. The Morgan fingerprint density at radius 1 is 1.31 bits per heavy atom. The average Bonchev–Trinajstić information content (AvgIpc) is 3.36. The summed E-state index contributed by atoms with van der Waals surface area (Å²) in [6.45, 7) is 5.95. The van der Waals surface area contributed by atoms with Crippen LogP contribution in [0.2, 0.25) is 0 Å². The molecule has 1 aliphatic rings. The predicted molar refractivity (Wildman–Crippen MR) is 97.0 cm³/mol. The molecule has 2 aromatic heterocycles. The molecule has 1 aliphatic heterocycles. The summed E-state index contributed by atoms with van der Waals surface area (Å²) in [6, 6.07) is 6.85. The number of benzene rings is 1. The molecule has 0 spiro atoms. The maximum Gasteiger partial charge on any atom is 0.141 e. The topological polar surface area (TPSA) is 58.0 Å². The fraction of sp³-hybridized carbons (Fsp3) is 0.400. The van der Waals surface area contributed by atoms with E-state index in [1.807, 2.05) is 13.1 Å². The molecule has 136 valence electrons. The molecule has 1 saturated heterocycles. The van der Waals surface area contributed by atoms with Crippen LogP contribution < -0.4 is 0 Å². The van der Waals surface area contributed by atoms with Gasteiger partial charge in [-0.05, 0) is 50.6 Å². The van der Waals surface area contributed by atoms with E-state index < -0.39 is 0 Å². The van der Waals surface area contributed by atoms with E-state index in [0.717, 1.165) is 60.6 Å². The molecule has 1 aromatic carbocycles. The van der Waals surface area contributed by atoms with Crippen LogP contribution in [0, 0.1) is 12.7 Å². The summed E-state index contributed by atoms with van der Waals surface area (Å²) in [5.41, 5.74) is 5.26. The molecule has 4 rings (SSSR count). The minimum absolute atomic E-state index is 0.232. The molecule has 3 aromatic rings. The van der Waals surface area contributed by atoms with Crippen LogP contribution in [0.5, 0.6) is 0 Å². The lowest BCUT2D eigenvalue weighted by Crippen LogP contribution is -2.23. The van der Waals surface area contributed by atoms with E-state index in [-0.39, 0.29) is 5.82 Å². The largest absolute Gasteiger partial charge is 0.361 e. The summed E-state index contributed by atoms with van der Waals surface area (Å²) in [5, 5.41) is 11.5. The Labute approximate surface area is 152 Å². The quantitative estimate of drug-likeness (QED) is 0.737. The van der Waals surface area contributed by atoms with Crippen LogP contribution in [0.3, 0.4) is 0 Å². The Morgan fingerprint density at radius 2 is 2.12 bits per heavy atom. The molecule has 0 radical (unpaired) electrons. The molecular weight excluding hydrogens is 331 g/mol. The lowest BCUT2D eigenvalue weighted by Gasteiger charge is -2.24. The lowest BCUT2D eigenvalue weighted by atomic mass is 10.0. The number of halogens is 1. The number of hydrogen-bond acceptors (Lipinski definition) is 4. The van der Waals surface area contributed by atoms with Crippen LogP contribution in [-0.4, -0.2) is 26.8 Å². The van der Waals surface area contributed by atoms with Crippen LogP contribution in [0.15, 0.2) is 35.0 Å². The molecule has 0 unspecified atom stereocenters. The van der Waals surface area contributed by atoms with Gasteiger partial charge in [0.05, 0.1) is 17.6 Å². The third kappa shape index (κ3) is 3.05. The second-order valence-electron chi connectivity index (χ2n) is 6.86. The monoisotopic (exact) mass is 354 g/mol. The number of likely N-dealkylation sites (tertiary alicyclic amines) is 1. The van der Waals surface area contributed by atoms with Gasteiger partial charge in [0.1, 0.15) is 11.6 Å². The van der Waals surface area contributed by atoms with Crippen molar-refractivity contribution in [1.29, 1.82) is 0 Å². The number of aryl methyl sites for hydroxylation is 2. The SMILES string of the molecule is CCc1onc(C)c1[C@H]1CCCN1Cc1cn[nH]c1-c1ccc(F)cc1. The highest BCUT2D eigenvalue weighted by Gasteiger charge is 2.31. The first-order valence-electron chi connectivity index (χ1n) is 9.14. The first-order valence-corrected chi connectivity index (χ1v) is 9.14. The molecule has 26 heavy (non-hydrogen) atoms. The van der Waals surface area contributed by atoms with Crippen molar-refractivity contribution < 1.29 is 8.91 Å². The fourth-order valence-corrected chi connectivity index (χ4v) is 3.96. The second kappa shape index (κ2) is 7.03. The van der Waals surface area contributed by atoms with Crippen molar-refractivity contribution in [3.05, 3.63) is 58.9 Å². The van der Waals surface area contributed by atoms with E-state index in [9.17, 15) is 4.39 Å². The summed E-state index contributed by atoms with van der Waals surface area (Å²) in [5.74, 6) is 0.759. The number of rotatable bonds is 5. The third-order valence-corrected chi connectivity index (χ3v) is 5.23. The van der Waals surface area contributed by atoms with Gasteiger partial charge in [-0.25, -0.2) is 4.39 Å². The van der Waals surface area contributed by atoms with Gasteiger partial charge in [0.2, 0.25) is 0 Å². The van der Waals surface area contributed by atoms with E-state index in [4.69, 9.17) is 4.52 Å². The Hall–Kier alpha value is -2.47. The first kappa shape index (κ1) is 17.0.